The van der Waals surface area contributed by atoms with Crippen molar-refractivity contribution in [1.82, 2.24) is 4.98 Å². The molecule has 0 radical (unpaired) electrons. The number of aryl methyl sites for hydroxylation is 1. The number of halogens is 1. The highest BCUT2D eigenvalue weighted by atomic mass is 127. The van der Waals surface area contributed by atoms with Crippen molar-refractivity contribution in [2.24, 2.45) is 10.7 Å². The Bertz CT molecular complexity index is 737. The third-order valence-corrected chi connectivity index (χ3v) is 4.31. The van der Waals surface area contributed by atoms with E-state index in [4.69, 9.17) is 5.73 Å². The number of thiazole rings is 1. The van der Waals surface area contributed by atoms with Gasteiger partial charge in [-0.15, -0.1) is 35.3 Å². The number of guanidine groups is 1. The van der Waals surface area contributed by atoms with Crippen molar-refractivity contribution >= 4 is 57.2 Å². The number of nitrogens with two attached hydrogens (primary N) is 1. The predicted molar refractivity (Wildman–Crippen MR) is 110 cm³/mol. The number of nitrogens with one attached hydrogen (secondary N) is 1. The molecule has 3 rings (SSSR count). The van der Waals surface area contributed by atoms with Crippen LogP contribution in [0.4, 0.5) is 5.69 Å². The number of nitrogens with zero attached hydrogens (tertiary/aromatic N) is 2. The number of para-hydroxylation sites is 2. The second-order valence-corrected chi connectivity index (χ2v) is 6.05. The van der Waals surface area contributed by atoms with Gasteiger partial charge in [-0.05, 0) is 30.7 Å². The van der Waals surface area contributed by atoms with Crippen LogP contribution in [0.1, 0.15) is 11.4 Å². The number of hydrogen-bond acceptors (Lipinski definition) is 3. The summed E-state index contributed by atoms with van der Waals surface area (Å²) in [5.41, 5.74) is 7.91. The van der Waals surface area contributed by atoms with Crippen molar-refractivity contribution in [1.29, 1.82) is 0 Å². The summed E-state index contributed by atoms with van der Waals surface area (Å²) in [6, 6.07) is 18.0. The number of aliphatic imine (C=N–C) groups is 1. The summed E-state index contributed by atoms with van der Waals surface area (Å²) in [6.45, 7) is 0.696. The molecule has 0 saturated heterocycles. The van der Waals surface area contributed by atoms with Crippen LogP contribution in [0.3, 0.4) is 0 Å². The summed E-state index contributed by atoms with van der Waals surface area (Å²) < 4.78 is 1.24. The Kier molecular flexibility index (Phi) is 6.79. The standard InChI is InChI=1S/C17H18N4S.HI/c18-17(20-13-7-2-1-3-8-13)19-12-6-11-16-21-14-9-4-5-10-15(14)22-16;/h1-5,7-10H,6,11-12H2,(H3,18,19,20);1H. The van der Waals surface area contributed by atoms with Crippen molar-refractivity contribution in [2.45, 2.75) is 12.8 Å². The second kappa shape index (κ2) is 8.83. The van der Waals surface area contributed by atoms with Crippen molar-refractivity contribution in [3.63, 3.8) is 0 Å². The lowest BCUT2D eigenvalue weighted by Gasteiger charge is -2.04. The number of hydrogen-bond donors (Lipinski definition) is 2. The maximum atomic E-state index is 5.87. The molecule has 0 unspecified atom stereocenters. The topological polar surface area (TPSA) is 63.3 Å². The monoisotopic (exact) mass is 438 g/mol. The number of anilines is 1. The molecule has 120 valence electrons. The van der Waals surface area contributed by atoms with Crippen LogP contribution < -0.4 is 11.1 Å². The highest BCUT2D eigenvalue weighted by Crippen LogP contribution is 2.22. The van der Waals surface area contributed by atoms with E-state index in [0.29, 0.717) is 12.5 Å². The average Bonchev–Trinajstić information content (AvgIpc) is 2.95. The fourth-order valence-electron chi connectivity index (χ4n) is 2.17. The molecule has 0 aliphatic carbocycles. The zero-order chi connectivity index (χ0) is 15.2. The lowest BCUT2D eigenvalue weighted by atomic mass is 10.3. The molecule has 3 N–H and O–H groups in total. The van der Waals surface area contributed by atoms with Crippen molar-refractivity contribution in [3.8, 4) is 0 Å². The van der Waals surface area contributed by atoms with Gasteiger partial charge < -0.3 is 11.1 Å². The highest BCUT2D eigenvalue weighted by molar-refractivity contribution is 14.0. The summed E-state index contributed by atoms with van der Waals surface area (Å²) in [5.74, 6) is 0.454. The van der Waals surface area contributed by atoms with E-state index >= 15 is 0 Å². The van der Waals surface area contributed by atoms with Crippen LogP contribution in [0, 0.1) is 0 Å². The summed E-state index contributed by atoms with van der Waals surface area (Å²) in [5, 5.41) is 4.24. The molecule has 1 aromatic heterocycles. The van der Waals surface area contributed by atoms with E-state index in [1.807, 2.05) is 42.5 Å². The van der Waals surface area contributed by atoms with Crippen LogP contribution >= 0.6 is 35.3 Å². The van der Waals surface area contributed by atoms with Gasteiger partial charge in [0.15, 0.2) is 5.96 Å². The van der Waals surface area contributed by atoms with Crippen LogP contribution in [-0.2, 0) is 6.42 Å². The Morgan fingerprint density at radius 3 is 2.61 bits per heavy atom. The molecule has 23 heavy (non-hydrogen) atoms. The molecule has 6 heteroatoms. The molecule has 0 aliphatic heterocycles. The van der Waals surface area contributed by atoms with Gasteiger partial charge in [-0.3, -0.25) is 4.99 Å². The summed E-state index contributed by atoms with van der Waals surface area (Å²) in [6.07, 6.45) is 1.87. The molecule has 0 saturated carbocycles. The van der Waals surface area contributed by atoms with Gasteiger partial charge in [0.25, 0.3) is 0 Å². The van der Waals surface area contributed by atoms with Gasteiger partial charge in [0.1, 0.15) is 0 Å². The maximum Gasteiger partial charge on any atom is 0.193 e. The van der Waals surface area contributed by atoms with Gasteiger partial charge in [0, 0.05) is 18.7 Å². The van der Waals surface area contributed by atoms with Gasteiger partial charge in [-0.2, -0.15) is 0 Å². The van der Waals surface area contributed by atoms with Crippen LogP contribution in [0.25, 0.3) is 10.2 Å². The van der Waals surface area contributed by atoms with E-state index in [1.54, 1.807) is 11.3 Å². The molecular formula is C17H19IN4S. The zero-order valence-corrected chi connectivity index (χ0v) is 15.8. The van der Waals surface area contributed by atoms with Gasteiger partial charge in [0.05, 0.1) is 15.2 Å². The molecule has 0 atom stereocenters. The van der Waals surface area contributed by atoms with E-state index in [-0.39, 0.29) is 24.0 Å². The lowest BCUT2D eigenvalue weighted by Crippen LogP contribution is -2.22. The van der Waals surface area contributed by atoms with Gasteiger partial charge in [-0.1, -0.05) is 30.3 Å². The van der Waals surface area contributed by atoms with Gasteiger partial charge in [0.2, 0.25) is 0 Å². The molecule has 0 bridgehead atoms. The van der Waals surface area contributed by atoms with E-state index in [2.05, 4.69) is 27.4 Å². The predicted octanol–water partition coefficient (Wildman–Crippen LogP) is 4.27. The number of benzene rings is 2. The highest BCUT2D eigenvalue weighted by Gasteiger charge is 2.02. The van der Waals surface area contributed by atoms with Crippen LogP contribution in [0.2, 0.25) is 0 Å². The molecule has 0 spiro atoms. The first-order chi connectivity index (χ1) is 10.8. The molecule has 0 fully saturated rings. The molecule has 3 aromatic rings. The summed E-state index contributed by atoms with van der Waals surface area (Å²) in [4.78, 5) is 8.97. The quantitative estimate of drug-likeness (QED) is 0.271. The third kappa shape index (κ3) is 5.18. The van der Waals surface area contributed by atoms with E-state index in [9.17, 15) is 0 Å². The van der Waals surface area contributed by atoms with Crippen LogP contribution in [-0.4, -0.2) is 17.5 Å². The largest absolute Gasteiger partial charge is 0.370 e. The van der Waals surface area contributed by atoms with E-state index in [0.717, 1.165) is 29.1 Å². The van der Waals surface area contributed by atoms with Crippen LogP contribution in [0.15, 0.2) is 59.6 Å². The maximum absolute atomic E-state index is 5.87. The Morgan fingerprint density at radius 2 is 1.83 bits per heavy atom. The Morgan fingerprint density at radius 1 is 1.09 bits per heavy atom. The first-order valence-electron chi connectivity index (χ1n) is 7.28. The molecule has 0 amide bonds. The first-order valence-corrected chi connectivity index (χ1v) is 8.09. The minimum atomic E-state index is 0. The number of aromatic nitrogens is 1. The Balaban J connectivity index is 0.00000192. The minimum Gasteiger partial charge on any atom is -0.370 e. The lowest BCUT2D eigenvalue weighted by molar-refractivity contribution is 0.827. The first kappa shape index (κ1) is 17.7. The van der Waals surface area contributed by atoms with Crippen LogP contribution in [0.5, 0.6) is 0 Å². The molecule has 2 aromatic carbocycles. The fourth-order valence-corrected chi connectivity index (χ4v) is 3.17. The SMILES string of the molecule is I.NC(=NCCCc1nc2ccccc2s1)Nc1ccccc1. The van der Waals surface area contributed by atoms with Gasteiger partial charge in [-0.25, -0.2) is 4.98 Å². The Labute approximate surface area is 156 Å². The summed E-state index contributed by atoms with van der Waals surface area (Å²) >= 11 is 1.75. The third-order valence-electron chi connectivity index (χ3n) is 3.22. The molecular weight excluding hydrogens is 419 g/mol. The fraction of sp³-hybridized carbons (Fsp3) is 0.176. The molecule has 0 aliphatic rings. The number of rotatable bonds is 5. The van der Waals surface area contributed by atoms with Crippen molar-refractivity contribution in [2.75, 3.05) is 11.9 Å². The van der Waals surface area contributed by atoms with E-state index < -0.39 is 0 Å². The number of fused-ring (bicyclic) bond motifs is 1. The molecule has 4 nitrogen and oxygen atoms in total. The van der Waals surface area contributed by atoms with Crippen molar-refractivity contribution < 1.29 is 0 Å². The normalized spacial score (nSPS) is 11.2. The smallest absolute Gasteiger partial charge is 0.193 e. The average molecular weight is 438 g/mol. The van der Waals surface area contributed by atoms with Gasteiger partial charge >= 0.3 is 0 Å². The zero-order valence-electron chi connectivity index (χ0n) is 12.6. The van der Waals surface area contributed by atoms with Crippen molar-refractivity contribution in [3.05, 3.63) is 59.6 Å². The second-order valence-electron chi connectivity index (χ2n) is 4.94. The molecule has 1 heterocycles. The van der Waals surface area contributed by atoms with E-state index in [1.165, 1.54) is 4.70 Å². The Hall–Kier alpha value is -1.67. The summed E-state index contributed by atoms with van der Waals surface area (Å²) in [7, 11) is 0. The minimum absolute atomic E-state index is 0.